The second kappa shape index (κ2) is 5.98. The Hall–Kier alpha value is -1.13. The molecule has 0 N–H and O–H groups in total. The molecular formula is C13H17NO2S. The van der Waals surface area contributed by atoms with Crippen LogP contribution in [0.5, 0.6) is 0 Å². The molecule has 2 aromatic rings. The predicted octanol–water partition coefficient (Wildman–Crippen LogP) is 2.88. The molecule has 0 aromatic carbocycles. The SMILES string of the molecule is COCCCCCn1ccc2sccc2c1=O. The highest BCUT2D eigenvalue weighted by Crippen LogP contribution is 2.16. The largest absolute Gasteiger partial charge is 0.385 e. The minimum absolute atomic E-state index is 0.135. The molecule has 0 saturated heterocycles. The van der Waals surface area contributed by atoms with E-state index >= 15 is 0 Å². The molecule has 0 radical (unpaired) electrons. The van der Waals surface area contributed by atoms with Crippen molar-refractivity contribution in [1.29, 1.82) is 0 Å². The number of aromatic nitrogens is 1. The standard InChI is InChI=1S/C13H17NO2S/c1-16-9-4-2-3-7-14-8-5-12-11(13(14)15)6-10-17-12/h5-6,8,10H,2-4,7,9H2,1H3. The summed E-state index contributed by atoms with van der Waals surface area (Å²) in [4.78, 5) is 12.1. The van der Waals surface area contributed by atoms with Gasteiger partial charge in [-0.15, -0.1) is 11.3 Å². The minimum atomic E-state index is 0.135. The van der Waals surface area contributed by atoms with Crippen LogP contribution in [0.25, 0.3) is 10.1 Å². The van der Waals surface area contributed by atoms with Gasteiger partial charge in [0.05, 0.1) is 5.39 Å². The first kappa shape index (κ1) is 12.3. The van der Waals surface area contributed by atoms with Gasteiger partial charge < -0.3 is 9.30 Å². The van der Waals surface area contributed by atoms with Gasteiger partial charge in [-0.3, -0.25) is 4.79 Å². The molecule has 0 saturated carbocycles. The van der Waals surface area contributed by atoms with Gasteiger partial charge in [-0.1, -0.05) is 0 Å². The van der Waals surface area contributed by atoms with Gasteiger partial charge in [-0.25, -0.2) is 0 Å². The van der Waals surface area contributed by atoms with Gasteiger partial charge in [0, 0.05) is 31.2 Å². The molecule has 0 amide bonds. The Bertz CT molecular complexity index is 529. The lowest BCUT2D eigenvalue weighted by Gasteiger charge is -2.05. The fraction of sp³-hybridized carbons (Fsp3) is 0.462. The normalized spacial score (nSPS) is 11.1. The van der Waals surface area contributed by atoms with Crippen molar-refractivity contribution >= 4 is 21.4 Å². The fourth-order valence-corrected chi connectivity index (χ4v) is 2.66. The number of unbranched alkanes of at least 4 members (excludes halogenated alkanes) is 2. The van der Waals surface area contributed by atoms with Crippen molar-refractivity contribution in [3.63, 3.8) is 0 Å². The zero-order valence-electron chi connectivity index (χ0n) is 10.0. The molecule has 2 heterocycles. The molecule has 0 aliphatic rings. The molecule has 3 nitrogen and oxygen atoms in total. The summed E-state index contributed by atoms with van der Waals surface area (Å²) < 4.78 is 7.88. The Morgan fingerprint density at radius 3 is 3.00 bits per heavy atom. The lowest BCUT2D eigenvalue weighted by Crippen LogP contribution is -2.18. The molecule has 2 rings (SSSR count). The quantitative estimate of drug-likeness (QED) is 0.739. The average molecular weight is 251 g/mol. The van der Waals surface area contributed by atoms with Crippen LogP contribution in [0.1, 0.15) is 19.3 Å². The van der Waals surface area contributed by atoms with Crippen LogP contribution >= 0.6 is 11.3 Å². The van der Waals surface area contributed by atoms with Crippen molar-refractivity contribution in [2.75, 3.05) is 13.7 Å². The molecule has 0 aliphatic heterocycles. The summed E-state index contributed by atoms with van der Waals surface area (Å²) >= 11 is 1.62. The fourth-order valence-electron chi connectivity index (χ4n) is 1.89. The van der Waals surface area contributed by atoms with Gasteiger partial charge in [-0.05, 0) is 36.8 Å². The number of aryl methyl sites for hydroxylation is 1. The predicted molar refractivity (Wildman–Crippen MR) is 71.8 cm³/mol. The van der Waals surface area contributed by atoms with E-state index in [1.165, 1.54) is 0 Å². The Morgan fingerprint density at radius 1 is 1.29 bits per heavy atom. The number of ether oxygens (including phenoxy) is 1. The lowest BCUT2D eigenvalue weighted by molar-refractivity contribution is 0.191. The van der Waals surface area contributed by atoms with Crippen molar-refractivity contribution in [3.05, 3.63) is 34.1 Å². The smallest absolute Gasteiger partial charge is 0.259 e. The van der Waals surface area contributed by atoms with Gasteiger partial charge in [-0.2, -0.15) is 0 Å². The van der Waals surface area contributed by atoms with E-state index in [1.54, 1.807) is 18.4 Å². The van der Waals surface area contributed by atoms with Gasteiger partial charge in [0.2, 0.25) is 0 Å². The van der Waals surface area contributed by atoms with Crippen LogP contribution in [0.4, 0.5) is 0 Å². The van der Waals surface area contributed by atoms with E-state index in [4.69, 9.17) is 4.74 Å². The molecule has 4 heteroatoms. The second-order valence-electron chi connectivity index (χ2n) is 4.07. The van der Waals surface area contributed by atoms with E-state index in [1.807, 2.05) is 28.3 Å². The molecule has 2 aromatic heterocycles. The number of nitrogens with zero attached hydrogens (tertiary/aromatic N) is 1. The maximum Gasteiger partial charge on any atom is 0.259 e. The zero-order chi connectivity index (χ0) is 12.1. The van der Waals surface area contributed by atoms with E-state index in [9.17, 15) is 4.79 Å². The van der Waals surface area contributed by atoms with Crippen LogP contribution in [-0.4, -0.2) is 18.3 Å². The topological polar surface area (TPSA) is 31.2 Å². The minimum Gasteiger partial charge on any atom is -0.385 e. The van der Waals surface area contributed by atoms with Gasteiger partial charge in [0.15, 0.2) is 0 Å². The highest BCUT2D eigenvalue weighted by Gasteiger charge is 2.02. The Kier molecular flexibility index (Phi) is 4.34. The Labute approximate surface area is 105 Å². The maximum absolute atomic E-state index is 12.1. The molecular weight excluding hydrogens is 234 g/mol. The molecule has 0 spiro atoms. The van der Waals surface area contributed by atoms with E-state index in [0.29, 0.717) is 0 Å². The summed E-state index contributed by atoms with van der Waals surface area (Å²) in [5.74, 6) is 0. The average Bonchev–Trinajstić information content (AvgIpc) is 2.80. The first-order valence-corrected chi connectivity index (χ1v) is 6.76. The molecule has 0 aliphatic carbocycles. The third-order valence-electron chi connectivity index (χ3n) is 2.84. The molecule has 0 bridgehead atoms. The van der Waals surface area contributed by atoms with Crippen LogP contribution in [0.15, 0.2) is 28.5 Å². The number of thiophene rings is 1. The van der Waals surface area contributed by atoms with Crippen LogP contribution in [0.3, 0.4) is 0 Å². The molecule has 0 fully saturated rings. The third-order valence-corrected chi connectivity index (χ3v) is 3.72. The van der Waals surface area contributed by atoms with Crippen molar-refractivity contribution in [1.82, 2.24) is 4.57 Å². The number of hydrogen-bond donors (Lipinski definition) is 0. The molecule has 92 valence electrons. The van der Waals surface area contributed by atoms with E-state index in [2.05, 4.69) is 0 Å². The van der Waals surface area contributed by atoms with E-state index in [-0.39, 0.29) is 5.56 Å². The van der Waals surface area contributed by atoms with Gasteiger partial charge in [0.1, 0.15) is 0 Å². The van der Waals surface area contributed by atoms with E-state index < -0.39 is 0 Å². The molecule has 17 heavy (non-hydrogen) atoms. The first-order chi connectivity index (χ1) is 8.33. The van der Waals surface area contributed by atoms with Crippen LogP contribution in [-0.2, 0) is 11.3 Å². The zero-order valence-corrected chi connectivity index (χ0v) is 10.8. The highest BCUT2D eigenvalue weighted by atomic mass is 32.1. The van der Waals surface area contributed by atoms with Crippen molar-refractivity contribution < 1.29 is 4.74 Å². The second-order valence-corrected chi connectivity index (χ2v) is 5.01. The number of pyridine rings is 1. The van der Waals surface area contributed by atoms with Gasteiger partial charge in [0.25, 0.3) is 5.56 Å². The van der Waals surface area contributed by atoms with Crippen molar-refractivity contribution in [2.24, 2.45) is 0 Å². The van der Waals surface area contributed by atoms with Crippen LogP contribution in [0, 0.1) is 0 Å². The summed E-state index contributed by atoms with van der Waals surface area (Å²) in [5, 5.41) is 2.81. The monoisotopic (exact) mass is 251 g/mol. The third kappa shape index (κ3) is 2.96. The van der Waals surface area contributed by atoms with E-state index in [0.717, 1.165) is 42.5 Å². The highest BCUT2D eigenvalue weighted by molar-refractivity contribution is 7.17. The summed E-state index contributed by atoms with van der Waals surface area (Å²) in [5.41, 5.74) is 0.135. The number of methoxy groups -OCH3 is 1. The molecule has 0 unspecified atom stereocenters. The lowest BCUT2D eigenvalue weighted by atomic mass is 10.2. The van der Waals surface area contributed by atoms with Crippen molar-refractivity contribution in [2.45, 2.75) is 25.8 Å². The number of fused-ring (bicyclic) bond motifs is 1. The Balaban J connectivity index is 1.99. The summed E-state index contributed by atoms with van der Waals surface area (Å²) in [6.45, 7) is 1.60. The maximum atomic E-state index is 12.1. The van der Waals surface area contributed by atoms with Gasteiger partial charge >= 0.3 is 0 Å². The number of hydrogen-bond acceptors (Lipinski definition) is 3. The van der Waals surface area contributed by atoms with Crippen LogP contribution < -0.4 is 5.56 Å². The number of rotatable bonds is 6. The Morgan fingerprint density at radius 2 is 2.18 bits per heavy atom. The first-order valence-electron chi connectivity index (χ1n) is 5.88. The summed E-state index contributed by atoms with van der Waals surface area (Å²) in [6.07, 6.45) is 5.09. The molecule has 0 atom stereocenters. The van der Waals surface area contributed by atoms with Crippen LogP contribution in [0.2, 0.25) is 0 Å². The summed E-state index contributed by atoms with van der Waals surface area (Å²) in [7, 11) is 1.72. The van der Waals surface area contributed by atoms with Crippen molar-refractivity contribution in [3.8, 4) is 0 Å². The summed E-state index contributed by atoms with van der Waals surface area (Å²) in [6, 6.07) is 3.93.